The molecule has 0 bridgehead atoms. The summed E-state index contributed by atoms with van der Waals surface area (Å²) in [6, 6.07) is 6.10. The van der Waals surface area contributed by atoms with Crippen LogP contribution in [0.25, 0.3) is 6.08 Å². The maximum absolute atomic E-state index is 5.97. The van der Waals surface area contributed by atoms with Crippen LogP contribution in [0.4, 0.5) is 0 Å². The Morgan fingerprint density at radius 2 is 1.82 bits per heavy atom. The summed E-state index contributed by atoms with van der Waals surface area (Å²) in [6.07, 6.45) is 3.16. The number of rotatable bonds is 5. The molecule has 0 aromatic heterocycles. The van der Waals surface area contributed by atoms with Gasteiger partial charge < -0.3 is 5.32 Å². The zero-order chi connectivity index (χ0) is 12.8. The number of nitrogens with one attached hydrogen (secondary N) is 1. The number of hydrogen-bond donors (Lipinski definition) is 1. The Hall–Kier alpha value is -0.500. The molecule has 0 fully saturated rings. The number of benzene rings is 1. The molecule has 1 aromatic rings. The zero-order valence-electron chi connectivity index (χ0n) is 10.6. The predicted molar refractivity (Wildman–Crippen MR) is 77.9 cm³/mol. The molecule has 0 spiro atoms. The van der Waals surface area contributed by atoms with E-state index in [-0.39, 0.29) is 0 Å². The Morgan fingerprint density at radius 1 is 1.24 bits per heavy atom. The van der Waals surface area contributed by atoms with Crippen LogP contribution in [0.15, 0.2) is 23.8 Å². The van der Waals surface area contributed by atoms with E-state index < -0.39 is 0 Å². The molecule has 0 amide bonds. The molecule has 94 valence electrons. The second kappa shape index (κ2) is 7.05. The molecule has 0 heterocycles. The van der Waals surface area contributed by atoms with Crippen molar-refractivity contribution < 1.29 is 0 Å². The summed E-state index contributed by atoms with van der Waals surface area (Å²) in [6.45, 7) is 7.34. The van der Waals surface area contributed by atoms with Crippen molar-refractivity contribution in [1.82, 2.24) is 5.32 Å². The molecule has 3 heteroatoms. The van der Waals surface area contributed by atoms with Crippen molar-refractivity contribution in [1.29, 1.82) is 0 Å². The van der Waals surface area contributed by atoms with Gasteiger partial charge in [-0.05, 0) is 30.2 Å². The molecule has 1 aromatic carbocycles. The monoisotopic (exact) mass is 271 g/mol. The molecule has 0 atom stereocenters. The van der Waals surface area contributed by atoms with Crippen LogP contribution in [0.3, 0.4) is 0 Å². The highest BCUT2D eigenvalue weighted by Gasteiger charge is 2.00. The van der Waals surface area contributed by atoms with E-state index in [4.69, 9.17) is 23.2 Å². The fourth-order valence-electron chi connectivity index (χ4n) is 1.51. The first-order valence-corrected chi connectivity index (χ1v) is 6.65. The summed E-state index contributed by atoms with van der Waals surface area (Å²) in [7, 11) is 0. The standard InChI is InChI=1S/C14H19Cl2N/c1-4-11(9-17-10(2)3)5-12-6-13(15)8-14(16)7-12/h5-8,10,17H,4,9H2,1-3H3. The normalized spacial score (nSPS) is 12.2. The summed E-state index contributed by atoms with van der Waals surface area (Å²) in [5.74, 6) is 0. The Bertz CT molecular complexity index is 377. The predicted octanol–water partition coefficient (Wildman–Crippen LogP) is 4.78. The van der Waals surface area contributed by atoms with Gasteiger partial charge >= 0.3 is 0 Å². The van der Waals surface area contributed by atoms with Gasteiger partial charge in [0, 0.05) is 22.6 Å². The van der Waals surface area contributed by atoms with Crippen LogP contribution in [0, 0.1) is 0 Å². The highest BCUT2D eigenvalue weighted by molar-refractivity contribution is 6.34. The first-order chi connectivity index (χ1) is 8.01. The number of halogens is 2. The van der Waals surface area contributed by atoms with E-state index in [2.05, 4.69) is 32.2 Å². The molecular formula is C14H19Cl2N. The first-order valence-electron chi connectivity index (χ1n) is 5.90. The molecule has 0 unspecified atom stereocenters. The van der Waals surface area contributed by atoms with E-state index in [0.717, 1.165) is 18.5 Å². The quantitative estimate of drug-likeness (QED) is 0.813. The molecule has 1 rings (SSSR count). The van der Waals surface area contributed by atoms with Crippen molar-refractivity contribution in [3.8, 4) is 0 Å². The topological polar surface area (TPSA) is 12.0 Å². The van der Waals surface area contributed by atoms with Gasteiger partial charge in [-0.1, -0.05) is 55.6 Å². The van der Waals surface area contributed by atoms with Crippen molar-refractivity contribution in [2.45, 2.75) is 33.2 Å². The lowest BCUT2D eigenvalue weighted by Gasteiger charge is -2.10. The lowest BCUT2D eigenvalue weighted by Crippen LogP contribution is -2.24. The van der Waals surface area contributed by atoms with Crippen LogP contribution >= 0.6 is 23.2 Å². The zero-order valence-corrected chi connectivity index (χ0v) is 12.1. The molecular weight excluding hydrogens is 253 g/mol. The molecule has 0 saturated carbocycles. The fraction of sp³-hybridized carbons (Fsp3) is 0.429. The van der Waals surface area contributed by atoms with E-state index in [1.165, 1.54) is 5.57 Å². The second-order valence-electron chi connectivity index (χ2n) is 4.39. The van der Waals surface area contributed by atoms with Gasteiger partial charge in [-0.2, -0.15) is 0 Å². The Morgan fingerprint density at radius 3 is 2.29 bits per heavy atom. The van der Waals surface area contributed by atoms with Gasteiger partial charge in [0.15, 0.2) is 0 Å². The van der Waals surface area contributed by atoms with Crippen LogP contribution in [-0.4, -0.2) is 12.6 Å². The fourth-order valence-corrected chi connectivity index (χ4v) is 2.05. The SMILES string of the molecule is CCC(=Cc1cc(Cl)cc(Cl)c1)CNC(C)C. The highest BCUT2D eigenvalue weighted by atomic mass is 35.5. The van der Waals surface area contributed by atoms with Gasteiger partial charge in [-0.3, -0.25) is 0 Å². The van der Waals surface area contributed by atoms with E-state index in [1.54, 1.807) is 6.07 Å². The van der Waals surface area contributed by atoms with Crippen LogP contribution in [0.2, 0.25) is 10.0 Å². The molecule has 17 heavy (non-hydrogen) atoms. The molecule has 0 radical (unpaired) electrons. The van der Waals surface area contributed by atoms with Gasteiger partial charge in [0.1, 0.15) is 0 Å². The van der Waals surface area contributed by atoms with Gasteiger partial charge in [0.25, 0.3) is 0 Å². The summed E-state index contributed by atoms with van der Waals surface area (Å²) < 4.78 is 0. The number of hydrogen-bond acceptors (Lipinski definition) is 1. The van der Waals surface area contributed by atoms with E-state index in [1.807, 2.05) is 12.1 Å². The smallest absolute Gasteiger partial charge is 0.0426 e. The molecule has 0 saturated heterocycles. The lowest BCUT2D eigenvalue weighted by molar-refractivity contribution is 0.617. The summed E-state index contributed by atoms with van der Waals surface area (Å²) in [5.41, 5.74) is 2.40. The van der Waals surface area contributed by atoms with Crippen LogP contribution < -0.4 is 5.32 Å². The molecule has 0 aliphatic heterocycles. The third-order valence-corrected chi connectivity index (χ3v) is 2.88. The van der Waals surface area contributed by atoms with E-state index in [9.17, 15) is 0 Å². The Labute approximate surface area is 114 Å². The maximum Gasteiger partial charge on any atom is 0.0426 e. The van der Waals surface area contributed by atoms with Gasteiger partial charge in [-0.25, -0.2) is 0 Å². The van der Waals surface area contributed by atoms with E-state index in [0.29, 0.717) is 16.1 Å². The van der Waals surface area contributed by atoms with Gasteiger partial charge in [0.05, 0.1) is 0 Å². The summed E-state index contributed by atoms with van der Waals surface area (Å²) in [5, 5.41) is 4.77. The summed E-state index contributed by atoms with van der Waals surface area (Å²) >= 11 is 11.9. The first kappa shape index (κ1) is 14.6. The van der Waals surface area contributed by atoms with Crippen molar-refractivity contribution >= 4 is 29.3 Å². The second-order valence-corrected chi connectivity index (χ2v) is 5.27. The van der Waals surface area contributed by atoms with Crippen LogP contribution in [-0.2, 0) is 0 Å². The van der Waals surface area contributed by atoms with Crippen molar-refractivity contribution in [3.05, 3.63) is 39.4 Å². The van der Waals surface area contributed by atoms with Crippen molar-refractivity contribution in [2.24, 2.45) is 0 Å². The van der Waals surface area contributed by atoms with Crippen LogP contribution in [0.5, 0.6) is 0 Å². The summed E-state index contributed by atoms with van der Waals surface area (Å²) in [4.78, 5) is 0. The third-order valence-electron chi connectivity index (χ3n) is 2.45. The van der Waals surface area contributed by atoms with Crippen molar-refractivity contribution in [2.75, 3.05) is 6.54 Å². The minimum atomic E-state index is 0.493. The molecule has 1 N–H and O–H groups in total. The molecule has 0 aliphatic rings. The highest BCUT2D eigenvalue weighted by Crippen LogP contribution is 2.21. The molecule has 1 nitrogen and oxygen atoms in total. The molecule has 0 aliphatic carbocycles. The average Bonchev–Trinajstić information content (AvgIpc) is 2.22. The third kappa shape index (κ3) is 5.58. The Kier molecular flexibility index (Phi) is 6.04. The Balaban J connectivity index is 2.82. The maximum atomic E-state index is 5.97. The van der Waals surface area contributed by atoms with Gasteiger partial charge in [-0.15, -0.1) is 0 Å². The minimum Gasteiger partial charge on any atom is -0.311 e. The lowest BCUT2D eigenvalue weighted by atomic mass is 10.1. The van der Waals surface area contributed by atoms with Crippen molar-refractivity contribution in [3.63, 3.8) is 0 Å². The van der Waals surface area contributed by atoms with Crippen LogP contribution in [0.1, 0.15) is 32.8 Å². The average molecular weight is 272 g/mol. The van der Waals surface area contributed by atoms with E-state index >= 15 is 0 Å². The van der Waals surface area contributed by atoms with Gasteiger partial charge in [0.2, 0.25) is 0 Å². The largest absolute Gasteiger partial charge is 0.311 e. The minimum absolute atomic E-state index is 0.493.